The van der Waals surface area contributed by atoms with Gasteiger partial charge in [-0.3, -0.25) is 0 Å². The van der Waals surface area contributed by atoms with Crippen LogP contribution >= 0.6 is 0 Å². The Labute approximate surface area is 115 Å². The number of nitriles is 1. The molecule has 0 bridgehead atoms. The third-order valence-electron chi connectivity index (χ3n) is 2.57. The van der Waals surface area contributed by atoms with Crippen molar-refractivity contribution in [3.63, 3.8) is 0 Å². The normalized spacial score (nSPS) is 11.4. The molecule has 0 spiro atoms. The largest absolute Gasteiger partial charge is 0.478 e. The third-order valence-corrected chi connectivity index (χ3v) is 2.57. The standard InChI is InChI=1S/C16H22N2O/c1-13(2)11-18-12-14(3)10-15-6-4-5-7-16(15)19-9-8-17/h4-7,10,13,18H,9,11-12H2,1-3H3. The van der Waals surface area contributed by atoms with Crippen LogP contribution in [0.1, 0.15) is 26.3 Å². The molecule has 1 N–H and O–H groups in total. The van der Waals surface area contributed by atoms with E-state index in [1.807, 2.05) is 30.3 Å². The first-order valence-corrected chi connectivity index (χ1v) is 6.60. The molecule has 0 amide bonds. The zero-order valence-corrected chi connectivity index (χ0v) is 11.9. The molecule has 0 aliphatic carbocycles. The van der Waals surface area contributed by atoms with Gasteiger partial charge in [0.25, 0.3) is 0 Å². The van der Waals surface area contributed by atoms with Crippen LogP contribution in [-0.4, -0.2) is 19.7 Å². The number of ether oxygens (including phenoxy) is 1. The smallest absolute Gasteiger partial charge is 0.174 e. The van der Waals surface area contributed by atoms with E-state index >= 15 is 0 Å². The zero-order valence-electron chi connectivity index (χ0n) is 11.9. The first kappa shape index (κ1) is 15.3. The predicted molar refractivity (Wildman–Crippen MR) is 78.9 cm³/mol. The highest BCUT2D eigenvalue weighted by molar-refractivity contribution is 5.59. The fourth-order valence-corrected chi connectivity index (χ4v) is 1.72. The van der Waals surface area contributed by atoms with Crippen molar-refractivity contribution in [2.45, 2.75) is 20.8 Å². The molecule has 1 rings (SSSR count). The summed E-state index contributed by atoms with van der Waals surface area (Å²) in [6.45, 7) is 8.43. The fraction of sp³-hybridized carbons (Fsp3) is 0.438. The van der Waals surface area contributed by atoms with E-state index < -0.39 is 0 Å². The van der Waals surface area contributed by atoms with Crippen molar-refractivity contribution < 1.29 is 4.74 Å². The van der Waals surface area contributed by atoms with Crippen LogP contribution in [-0.2, 0) is 0 Å². The van der Waals surface area contributed by atoms with Gasteiger partial charge in [0.15, 0.2) is 6.61 Å². The second-order valence-corrected chi connectivity index (χ2v) is 5.00. The van der Waals surface area contributed by atoms with Gasteiger partial charge in [0.05, 0.1) is 0 Å². The number of rotatable bonds is 7. The maximum absolute atomic E-state index is 8.57. The molecule has 0 heterocycles. The summed E-state index contributed by atoms with van der Waals surface area (Å²) in [5.74, 6) is 1.41. The van der Waals surface area contributed by atoms with Crippen molar-refractivity contribution in [1.82, 2.24) is 5.32 Å². The number of hydrogen-bond donors (Lipinski definition) is 1. The Morgan fingerprint density at radius 3 is 2.84 bits per heavy atom. The van der Waals surface area contributed by atoms with Crippen LogP contribution in [0.5, 0.6) is 5.75 Å². The highest BCUT2D eigenvalue weighted by Gasteiger charge is 2.01. The van der Waals surface area contributed by atoms with Gasteiger partial charge in [0.2, 0.25) is 0 Å². The Morgan fingerprint density at radius 2 is 2.16 bits per heavy atom. The zero-order chi connectivity index (χ0) is 14.1. The van der Waals surface area contributed by atoms with Crippen LogP contribution < -0.4 is 10.1 Å². The second-order valence-electron chi connectivity index (χ2n) is 5.00. The van der Waals surface area contributed by atoms with E-state index in [4.69, 9.17) is 10.00 Å². The SMILES string of the molecule is CC(=Cc1ccccc1OCC#N)CNCC(C)C. The van der Waals surface area contributed by atoms with E-state index in [2.05, 4.69) is 32.2 Å². The molecule has 0 radical (unpaired) electrons. The average Bonchev–Trinajstić information content (AvgIpc) is 2.37. The molecular weight excluding hydrogens is 236 g/mol. The van der Waals surface area contributed by atoms with E-state index in [0.29, 0.717) is 5.92 Å². The first-order chi connectivity index (χ1) is 9.13. The number of para-hydroxylation sites is 1. The van der Waals surface area contributed by atoms with Crippen LogP contribution in [0.4, 0.5) is 0 Å². The van der Waals surface area contributed by atoms with Crippen LogP contribution in [0.25, 0.3) is 6.08 Å². The minimum absolute atomic E-state index is 0.0789. The molecule has 0 unspecified atom stereocenters. The molecule has 19 heavy (non-hydrogen) atoms. The van der Waals surface area contributed by atoms with Gasteiger partial charge < -0.3 is 10.1 Å². The predicted octanol–water partition coefficient (Wildman–Crippen LogP) is 3.24. The lowest BCUT2D eigenvalue weighted by molar-refractivity contribution is 0.367. The summed E-state index contributed by atoms with van der Waals surface area (Å²) in [5, 5.41) is 12.0. The summed E-state index contributed by atoms with van der Waals surface area (Å²) < 4.78 is 5.40. The molecule has 0 aliphatic rings. The van der Waals surface area contributed by atoms with Crippen molar-refractivity contribution in [2.24, 2.45) is 5.92 Å². The van der Waals surface area contributed by atoms with Gasteiger partial charge in [-0.15, -0.1) is 0 Å². The molecule has 0 aromatic heterocycles. The van der Waals surface area contributed by atoms with Crippen LogP contribution in [0.3, 0.4) is 0 Å². The van der Waals surface area contributed by atoms with Gasteiger partial charge in [-0.05, 0) is 25.5 Å². The molecule has 102 valence electrons. The molecule has 0 aliphatic heterocycles. The Balaban J connectivity index is 2.66. The lowest BCUT2D eigenvalue weighted by Gasteiger charge is -2.09. The van der Waals surface area contributed by atoms with Crippen molar-refractivity contribution >= 4 is 6.08 Å². The highest BCUT2D eigenvalue weighted by atomic mass is 16.5. The Morgan fingerprint density at radius 1 is 1.42 bits per heavy atom. The van der Waals surface area contributed by atoms with Gasteiger partial charge in [-0.2, -0.15) is 5.26 Å². The van der Waals surface area contributed by atoms with Crippen molar-refractivity contribution in [3.8, 4) is 11.8 Å². The van der Waals surface area contributed by atoms with E-state index in [9.17, 15) is 0 Å². The van der Waals surface area contributed by atoms with Crippen molar-refractivity contribution in [1.29, 1.82) is 5.26 Å². The van der Waals surface area contributed by atoms with Crippen LogP contribution in [0, 0.1) is 17.2 Å². The maximum Gasteiger partial charge on any atom is 0.174 e. The maximum atomic E-state index is 8.57. The molecule has 3 heteroatoms. The summed E-state index contributed by atoms with van der Waals surface area (Å²) in [6, 6.07) is 9.76. The number of nitrogens with zero attached hydrogens (tertiary/aromatic N) is 1. The van der Waals surface area contributed by atoms with E-state index in [-0.39, 0.29) is 6.61 Å². The molecule has 0 saturated heterocycles. The van der Waals surface area contributed by atoms with Crippen molar-refractivity contribution in [2.75, 3.05) is 19.7 Å². The van der Waals surface area contributed by atoms with Crippen LogP contribution in [0.15, 0.2) is 29.8 Å². The summed E-state index contributed by atoms with van der Waals surface area (Å²) in [6.07, 6.45) is 2.10. The highest BCUT2D eigenvalue weighted by Crippen LogP contribution is 2.20. The number of nitrogens with one attached hydrogen (secondary N) is 1. The number of hydrogen-bond acceptors (Lipinski definition) is 3. The average molecular weight is 258 g/mol. The summed E-state index contributed by atoms with van der Waals surface area (Å²) >= 11 is 0. The minimum Gasteiger partial charge on any atom is -0.478 e. The molecule has 0 fully saturated rings. The first-order valence-electron chi connectivity index (χ1n) is 6.60. The van der Waals surface area contributed by atoms with E-state index in [1.54, 1.807) is 0 Å². The summed E-state index contributed by atoms with van der Waals surface area (Å²) in [7, 11) is 0. The van der Waals surface area contributed by atoms with Crippen LogP contribution in [0.2, 0.25) is 0 Å². The molecule has 0 saturated carbocycles. The quantitative estimate of drug-likeness (QED) is 0.816. The molecular formula is C16H22N2O. The van der Waals surface area contributed by atoms with E-state index in [0.717, 1.165) is 24.4 Å². The minimum atomic E-state index is 0.0789. The topological polar surface area (TPSA) is 45.0 Å². The number of benzene rings is 1. The van der Waals surface area contributed by atoms with Gasteiger partial charge in [0.1, 0.15) is 11.8 Å². The lowest BCUT2D eigenvalue weighted by atomic mass is 10.1. The lowest BCUT2D eigenvalue weighted by Crippen LogP contribution is -2.21. The molecule has 1 aromatic rings. The summed E-state index contributed by atoms with van der Waals surface area (Å²) in [4.78, 5) is 0. The monoisotopic (exact) mass is 258 g/mol. The van der Waals surface area contributed by atoms with Gasteiger partial charge in [-0.25, -0.2) is 0 Å². The van der Waals surface area contributed by atoms with E-state index in [1.165, 1.54) is 5.57 Å². The van der Waals surface area contributed by atoms with Gasteiger partial charge in [-0.1, -0.05) is 43.7 Å². The van der Waals surface area contributed by atoms with Gasteiger partial charge in [0, 0.05) is 12.1 Å². The molecule has 3 nitrogen and oxygen atoms in total. The molecule has 1 aromatic carbocycles. The molecule has 0 atom stereocenters. The second kappa shape index (κ2) is 8.34. The third kappa shape index (κ3) is 6.08. The fourth-order valence-electron chi connectivity index (χ4n) is 1.72. The Bertz CT molecular complexity index is 458. The summed E-state index contributed by atoms with van der Waals surface area (Å²) in [5.41, 5.74) is 2.26. The van der Waals surface area contributed by atoms with Gasteiger partial charge >= 0.3 is 0 Å². The Kier molecular flexibility index (Phi) is 6.70. The Hall–Kier alpha value is -1.79. The van der Waals surface area contributed by atoms with Crippen molar-refractivity contribution in [3.05, 3.63) is 35.4 Å².